The van der Waals surface area contributed by atoms with E-state index in [2.05, 4.69) is 21.3 Å². The molecule has 0 fully saturated rings. The van der Waals surface area contributed by atoms with Crippen LogP contribution in [-0.4, -0.2) is 183 Å². The van der Waals surface area contributed by atoms with Gasteiger partial charge in [0.05, 0.1) is 48.4 Å². The molecule has 28 nitrogen and oxygen atoms in total. The van der Waals surface area contributed by atoms with Gasteiger partial charge < -0.3 is 81.1 Å². The molecule has 4 aromatic carbocycles. The van der Waals surface area contributed by atoms with Crippen molar-refractivity contribution < 1.29 is 98.2 Å². The summed E-state index contributed by atoms with van der Waals surface area (Å²) in [6.45, 7) is 46.4. The van der Waals surface area contributed by atoms with Gasteiger partial charge in [0.1, 0.15) is 92.6 Å². The molecule has 0 aromatic heterocycles. The Balaban J connectivity index is 2.51. The quantitative estimate of drug-likeness (QED) is 0.0202. The molecule has 1 aliphatic carbocycles. The molecular formula is C96H152N8O20. The molecule has 8 bridgehead atoms. The van der Waals surface area contributed by atoms with Crippen LogP contribution in [0, 0.1) is 47.3 Å². The summed E-state index contributed by atoms with van der Waals surface area (Å²) in [5.74, 6) is -16.1. The zero-order chi connectivity index (χ0) is 94.7. The number of benzene rings is 4. The molecule has 28 heteroatoms. The van der Waals surface area contributed by atoms with Gasteiger partial charge in [-0.2, -0.15) is 0 Å². The molecule has 4 aromatic rings. The fraction of sp³-hybridized carbons (Fsp3) is 0.667. The van der Waals surface area contributed by atoms with Crippen molar-refractivity contribution in [3.63, 3.8) is 0 Å². The minimum absolute atomic E-state index is 0.0235. The van der Waals surface area contributed by atoms with Crippen LogP contribution in [0.5, 0.6) is 46.0 Å². The van der Waals surface area contributed by atoms with Gasteiger partial charge in [0.2, 0.25) is 23.6 Å². The van der Waals surface area contributed by atoms with Crippen molar-refractivity contribution in [2.24, 2.45) is 47.3 Å². The maximum absolute atomic E-state index is 15.4. The van der Waals surface area contributed by atoms with Gasteiger partial charge in [-0.1, -0.05) is 111 Å². The van der Waals surface area contributed by atoms with Crippen molar-refractivity contribution in [1.29, 1.82) is 0 Å². The van der Waals surface area contributed by atoms with Crippen molar-refractivity contribution in [2.75, 3.05) is 28.2 Å². The van der Waals surface area contributed by atoms with Crippen LogP contribution in [0.1, 0.15) is 336 Å². The summed E-state index contributed by atoms with van der Waals surface area (Å²) >= 11 is 0. The number of phenolic OH excluding ortho intramolecular Hbond substituents is 8. The number of amides is 8. The lowest BCUT2D eigenvalue weighted by atomic mass is 9.73. The molecule has 0 saturated carbocycles. The highest BCUT2D eigenvalue weighted by molar-refractivity contribution is 5.88. The number of ether oxygens (including phenoxy) is 4. The van der Waals surface area contributed by atoms with Crippen molar-refractivity contribution in [3.8, 4) is 46.0 Å². The van der Waals surface area contributed by atoms with Gasteiger partial charge in [-0.25, -0.2) is 19.2 Å². The number of fused-ring (bicyclic) bond motifs is 8. The van der Waals surface area contributed by atoms with Gasteiger partial charge in [0, 0.05) is 96.4 Å². The van der Waals surface area contributed by atoms with Gasteiger partial charge in [-0.05, 0) is 206 Å². The molecule has 0 unspecified atom stereocenters. The summed E-state index contributed by atoms with van der Waals surface area (Å²) in [6, 6.07) is 0.702. The summed E-state index contributed by atoms with van der Waals surface area (Å²) in [6.07, 6.45) is -4.14. The van der Waals surface area contributed by atoms with E-state index in [-0.39, 0.29) is 142 Å². The van der Waals surface area contributed by atoms with Crippen LogP contribution in [0.4, 0.5) is 19.2 Å². The highest BCUT2D eigenvalue weighted by Crippen LogP contribution is 2.58. The molecule has 696 valence electrons. The smallest absolute Gasteiger partial charge is 0.411 e. The van der Waals surface area contributed by atoms with Crippen LogP contribution in [0.3, 0.4) is 0 Å². The first-order valence-electron chi connectivity index (χ1n) is 44.2. The van der Waals surface area contributed by atoms with E-state index in [0.29, 0.717) is 0 Å². The number of phenols is 8. The SMILES string of the molecule is CNC(=O)[C@H](CC(C)C)N(Cc1c(O)c2cc(c1O)C(CC(C)C)c1cc(c(O)c(CN(C(=O)OC(C)(C)C)[C@@H](CC(C)C)C(=O)NC)c1O)C(CC(C)C)c1cc(c(O)c(CN(C(=O)OC(C)(C)C)[C@@H](CC(C)C)C(=O)NC)c1O)C(CC(C)C)c1cc(c(O)c(CN(C(=O)OC(C)(C)C)[C@@H](CC(C)C)C(=O)NC)c1O)C2CC(C)C)C(=O)OC(C)(C)C. The van der Waals surface area contributed by atoms with E-state index in [1.165, 1.54) is 52.5 Å². The van der Waals surface area contributed by atoms with Crippen LogP contribution in [0.15, 0.2) is 24.3 Å². The third kappa shape index (κ3) is 27.1. The van der Waals surface area contributed by atoms with Crippen molar-refractivity contribution >= 4 is 48.0 Å². The lowest BCUT2D eigenvalue weighted by Crippen LogP contribution is -2.50. The fourth-order valence-electron chi connectivity index (χ4n) is 16.5. The number of hydrogen-bond donors (Lipinski definition) is 12. The van der Waals surface area contributed by atoms with Gasteiger partial charge in [-0.3, -0.25) is 38.8 Å². The predicted octanol–water partition coefficient (Wildman–Crippen LogP) is 17.9. The zero-order valence-corrected chi connectivity index (χ0v) is 80.3. The number of rotatable bonds is 32. The van der Waals surface area contributed by atoms with E-state index in [4.69, 9.17) is 18.9 Å². The number of nitrogens with one attached hydrogen (secondary N) is 4. The predicted molar refractivity (Wildman–Crippen MR) is 481 cm³/mol. The van der Waals surface area contributed by atoms with E-state index >= 15 is 19.2 Å². The third-order valence-corrected chi connectivity index (χ3v) is 21.9. The standard InChI is InChI=1S/C96H152N8O20/c1-49(2)33-57-61-41-63(79(107)69(77(61)105)45-101(89(117)121-93(17,18)19)73(37-53(9)10)85(113)97-29)58(34-50(3)4)65-43-67(83(111)71(81(65)109)47-103(91(119)123-95(23,24)25)75(39-55(13)14)87(115)99-31)60(36-52(7)8)68-44-66(82(110)72(84(68)112)48-104(92(120)124-96(26,27)28)76(40-56(15)16)88(116)100-32)59(35-51(5)6)64-42-62(57)78(106)70(80(64)108)46-102(90(118)122-94(20,21)22)74(38-54(11)12)86(114)98-30/h41-44,49-60,73-76,105-112H,33-40,45-48H2,1-32H3,(H,97,113)(H,98,114)(H,99,115)(H,100,116)/t57?,58?,59?,60?,73-,74-,75-,76-/m0/s1. The molecule has 4 atom stereocenters. The number of aromatic hydroxyl groups is 8. The van der Waals surface area contributed by atoms with Gasteiger partial charge >= 0.3 is 24.4 Å². The van der Waals surface area contributed by atoms with Crippen LogP contribution in [-0.2, 0) is 64.3 Å². The average Bonchev–Trinajstić information content (AvgIpc) is 0.732. The molecule has 0 radical (unpaired) electrons. The summed E-state index contributed by atoms with van der Waals surface area (Å²) in [5, 5.41) is 124. The summed E-state index contributed by atoms with van der Waals surface area (Å²) < 4.78 is 24.6. The number of likely N-dealkylation sites (N-methyl/N-ethyl adjacent to an activating group) is 4. The van der Waals surface area contributed by atoms with Gasteiger partial charge in [0.15, 0.2) is 0 Å². The maximum atomic E-state index is 15.4. The number of carbonyl (C=O) groups is 8. The monoisotopic (exact) mass is 1740 g/mol. The molecule has 5 rings (SSSR count). The molecule has 1 aliphatic rings. The second kappa shape index (κ2) is 43.0. The lowest BCUT2D eigenvalue weighted by molar-refractivity contribution is -0.127. The van der Waals surface area contributed by atoms with Crippen molar-refractivity contribution in [1.82, 2.24) is 40.9 Å². The van der Waals surface area contributed by atoms with Crippen LogP contribution >= 0.6 is 0 Å². The maximum Gasteiger partial charge on any atom is 0.411 e. The largest absolute Gasteiger partial charge is 0.507 e. The number of hydrogen-bond acceptors (Lipinski definition) is 20. The fourth-order valence-corrected chi connectivity index (χ4v) is 16.5. The average molecular weight is 1740 g/mol. The first kappa shape index (κ1) is 105. The number of nitrogens with zero attached hydrogens (tertiary/aromatic N) is 4. The highest BCUT2D eigenvalue weighted by atomic mass is 16.6. The van der Waals surface area contributed by atoms with E-state index < -0.39 is 214 Å². The van der Waals surface area contributed by atoms with Crippen molar-refractivity contribution in [3.05, 3.63) is 91.0 Å². The van der Waals surface area contributed by atoms with E-state index in [0.717, 1.165) is 19.6 Å². The van der Waals surface area contributed by atoms with E-state index in [1.54, 1.807) is 83.1 Å². The normalized spacial score (nSPS) is 16.1. The Labute approximate surface area is 737 Å². The van der Waals surface area contributed by atoms with Gasteiger partial charge in [0.25, 0.3) is 0 Å². The van der Waals surface area contributed by atoms with Crippen molar-refractivity contribution in [2.45, 2.75) is 342 Å². The number of carbonyl (C=O) groups excluding carboxylic acids is 8. The minimum Gasteiger partial charge on any atom is -0.507 e. The van der Waals surface area contributed by atoms with Gasteiger partial charge in [-0.15, -0.1) is 0 Å². The highest BCUT2D eigenvalue weighted by Gasteiger charge is 2.46. The van der Waals surface area contributed by atoms with Crippen LogP contribution in [0.2, 0.25) is 0 Å². The Morgan fingerprint density at radius 1 is 0.274 bits per heavy atom. The topological polar surface area (TPSA) is 396 Å². The summed E-state index contributed by atoms with van der Waals surface area (Å²) in [7, 11) is 5.62. The zero-order valence-electron chi connectivity index (χ0n) is 80.3. The molecule has 0 spiro atoms. The Morgan fingerprint density at radius 2 is 0.411 bits per heavy atom. The molecular weight excluding hydrogens is 1590 g/mol. The first-order valence-corrected chi connectivity index (χ1v) is 44.2. The Hall–Kier alpha value is -9.76. The molecule has 0 saturated heterocycles. The van der Waals surface area contributed by atoms with E-state index in [1.807, 2.05) is 111 Å². The Kier molecular flexibility index (Phi) is 36.3. The van der Waals surface area contributed by atoms with Crippen LogP contribution in [0.25, 0.3) is 0 Å². The second-order valence-corrected chi connectivity index (χ2v) is 41.1. The van der Waals surface area contributed by atoms with E-state index in [9.17, 15) is 60.0 Å². The molecule has 0 aliphatic heterocycles. The summed E-state index contributed by atoms with van der Waals surface area (Å²) in [4.78, 5) is 125. The molecule has 12 N–H and O–H groups in total. The Bertz CT molecular complexity index is 3740. The first-order chi connectivity index (χ1) is 57.0. The molecule has 0 heterocycles. The second-order valence-electron chi connectivity index (χ2n) is 41.1. The molecule has 8 amide bonds. The Morgan fingerprint density at radius 3 is 0.516 bits per heavy atom. The third-order valence-electron chi connectivity index (χ3n) is 21.9. The summed E-state index contributed by atoms with van der Waals surface area (Å²) in [5.41, 5.74) is -6.61. The van der Waals surface area contributed by atoms with Crippen LogP contribution < -0.4 is 21.3 Å². The molecule has 124 heavy (non-hydrogen) atoms. The lowest BCUT2D eigenvalue weighted by Gasteiger charge is -2.36. The minimum atomic E-state index is -1.35.